The summed E-state index contributed by atoms with van der Waals surface area (Å²) in [7, 11) is 0. The molecule has 1 aliphatic heterocycles. The van der Waals surface area contributed by atoms with Gasteiger partial charge in [0, 0.05) is 38.1 Å². The van der Waals surface area contributed by atoms with Crippen LogP contribution in [0.1, 0.15) is 28.5 Å². The zero-order valence-electron chi connectivity index (χ0n) is 17.9. The van der Waals surface area contributed by atoms with Gasteiger partial charge in [-0.3, -0.25) is 4.79 Å². The summed E-state index contributed by atoms with van der Waals surface area (Å²) in [6.45, 7) is 7.21. The normalized spacial score (nSPS) is 13.7. The molecule has 31 heavy (non-hydrogen) atoms. The van der Waals surface area contributed by atoms with Gasteiger partial charge in [-0.2, -0.15) is 5.26 Å². The monoisotopic (exact) mass is 414 g/mol. The van der Waals surface area contributed by atoms with Crippen LogP contribution in [0.5, 0.6) is 5.75 Å². The number of para-hydroxylation sites is 2. The van der Waals surface area contributed by atoms with Crippen molar-refractivity contribution in [1.82, 2.24) is 9.47 Å². The number of carbonyl (C=O) groups is 1. The van der Waals surface area contributed by atoms with Crippen molar-refractivity contribution in [3.63, 3.8) is 0 Å². The first kappa shape index (κ1) is 20.5. The van der Waals surface area contributed by atoms with Gasteiger partial charge in [0.15, 0.2) is 0 Å². The second-order valence-electron chi connectivity index (χ2n) is 7.58. The quantitative estimate of drug-likeness (QED) is 0.633. The van der Waals surface area contributed by atoms with E-state index in [-0.39, 0.29) is 5.91 Å². The molecule has 0 spiro atoms. The Hall–Kier alpha value is -3.72. The van der Waals surface area contributed by atoms with Gasteiger partial charge in [-0.1, -0.05) is 29.8 Å². The molecule has 3 aromatic rings. The van der Waals surface area contributed by atoms with Crippen molar-refractivity contribution in [3.05, 3.63) is 77.6 Å². The molecule has 0 atom stereocenters. The van der Waals surface area contributed by atoms with Gasteiger partial charge < -0.3 is 19.1 Å². The van der Waals surface area contributed by atoms with Gasteiger partial charge in [0.25, 0.3) is 5.91 Å². The van der Waals surface area contributed by atoms with Crippen LogP contribution in [0.3, 0.4) is 0 Å². The lowest BCUT2D eigenvalue weighted by atomic mass is 10.2. The third kappa shape index (κ3) is 4.13. The summed E-state index contributed by atoms with van der Waals surface area (Å²) in [5.74, 6) is 0.754. The van der Waals surface area contributed by atoms with Gasteiger partial charge in [-0.05, 0) is 44.2 Å². The maximum atomic E-state index is 13.4. The van der Waals surface area contributed by atoms with Crippen molar-refractivity contribution in [3.8, 4) is 17.5 Å². The van der Waals surface area contributed by atoms with E-state index in [1.54, 1.807) is 12.3 Å². The number of carbonyl (C=O) groups excluding carboxylic acids is 1. The molecule has 2 heterocycles. The average Bonchev–Trinajstić information content (AvgIpc) is 3.24. The van der Waals surface area contributed by atoms with Gasteiger partial charge in [0.05, 0.1) is 17.9 Å². The first-order valence-corrected chi connectivity index (χ1v) is 10.6. The first-order valence-electron chi connectivity index (χ1n) is 10.6. The Morgan fingerprint density at radius 2 is 1.74 bits per heavy atom. The van der Waals surface area contributed by atoms with Crippen LogP contribution in [-0.4, -0.2) is 48.2 Å². The summed E-state index contributed by atoms with van der Waals surface area (Å²) in [6.07, 6.45) is 1.80. The van der Waals surface area contributed by atoms with Crippen LogP contribution < -0.4 is 9.64 Å². The van der Waals surface area contributed by atoms with Gasteiger partial charge >= 0.3 is 0 Å². The highest BCUT2D eigenvalue weighted by Crippen LogP contribution is 2.29. The maximum Gasteiger partial charge on any atom is 0.272 e. The maximum absolute atomic E-state index is 13.4. The number of hydrogen-bond donors (Lipinski definition) is 0. The van der Waals surface area contributed by atoms with Crippen LogP contribution in [-0.2, 0) is 0 Å². The van der Waals surface area contributed by atoms with Gasteiger partial charge in [0.2, 0.25) is 0 Å². The number of benzene rings is 2. The number of ether oxygens (including phenoxy) is 1. The first-order chi connectivity index (χ1) is 15.1. The van der Waals surface area contributed by atoms with Crippen LogP contribution in [0.25, 0.3) is 5.69 Å². The SMILES string of the molecule is CCOc1ccccc1N1CCN(C(=O)c2c(C#N)ccn2-c2ccc(C)cc2)CC1. The van der Waals surface area contributed by atoms with Crippen molar-refractivity contribution in [2.45, 2.75) is 13.8 Å². The summed E-state index contributed by atoms with van der Waals surface area (Å²) in [6, 6.07) is 19.8. The van der Waals surface area contributed by atoms with E-state index >= 15 is 0 Å². The van der Waals surface area contributed by atoms with Crippen molar-refractivity contribution < 1.29 is 9.53 Å². The molecule has 0 saturated carbocycles. The fraction of sp³-hybridized carbons (Fsp3) is 0.280. The molecule has 6 nitrogen and oxygen atoms in total. The summed E-state index contributed by atoms with van der Waals surface area (Å²) in [5, 5.41) is 9.59. The van der Waals surface area contributed by atoms with Crippen molar-refractivity contribution in [2.75, 3.05) is 37.7 Å². The Morgan fingerprint density at radius 3 is 2.42 bits per heavy atom. The summed E-state index contributed by atoms with van der Waals surface area (Å²) in [4.78, 5) is 17.5. The lowest BCUT2D eigenvalue weighted by Crippen LogP contribution is -2.49. The summed E-state index contributed by atoms with van der Waals surface area (Å²) < 4.78 is 7.58. The highest BCUT2D eigenvalue weighted by molar-refractivity contribution is 5.96. The molecule has 1 aliphatic rings. The van der Waals surface area contributed by atoms with Gasteiger partial charge in [-0.25, -0.2) is 0 Å². The molecule has 158 valence electrons. The number of nitriles is 1. The average molecular weight is 415 g/mol. The molecule has 0 bridgehead atoms. The number of aryl methyl sites for hydroxylation is 1. The molecule has 0 unspecified atom stereocenters. The number of hydrogen-bond acceptors (Lipinski definition) is 4. The number of aromatic nitrogens is 1. The minimum Gasteiger partial charge on any atom is -0.492 e. The molecule has 6 heteroatoms. The fourth-order valence-corrected chi connectivity index (χ4v) is 3.96. The number of nitrogens with zero attached hydrogens (tertiary/aromatic N) is 4. The largest absolute Gasteiger partial charge is 0.492 e. The molecular weight excluding hydrogens is 388 g/mol. The molecule has 4 rings (SSSR count). The predicted octanol–water partition coefficient (Wildman–Crippen LogP) is 4.02. The zero-order chi connectivity index (χ0) is 21.8. The molecule has 1 saturated heterocycles. The minimum atomic E-state index is -0.111. The van der Waals surface area contributed by atoms with E-state index in [9.17, 15) is 10.1 Å². The Morgan fingerprint density at radius 1 is 1.03 bits per heavy atom. The minimum absolute atomic E-state index is 0.111. The van der Waals surface area contributed by atoms with E-state index < -0.39 is 0 Å². The molecule has 2 aromatic carbocycles. The van der Waals surface area contributed by atoms with Crippen molar-refractivity contribution >= 4 is 11.6 Å². The van der Waals surface area contributed by atoms with Gasteiger partial charge in [-0.15, -0.1) is 0 Å². The lowest BCUT2D eigenvalue weighted by Gasteiger charge is -2.36. The highest BCUT2D eigenvalue weighted by atomic mass is 16.5. The van der Waals surface area contributed by atoms with E-state index in [4.69, 9.17) is 4.74 Å². The second-order valence-corrected chi connectivity index (χ2v) is 7.58. The molecule has 1 amide bonds. The molecule has 0 aliphatic carbocycles. The van der Waals surface area contributed by atoms with E-state index in [1.807, 2.05) is 65.8 Å². The smallest absolute Gasteiger partial charge is 0.272 e. The van der Waals surface area contributed by atoms with Crippen LogP contribution in [0.2, 0.25) is 0 Å². The molecule has 1 aromatic heterocycles. The topological polar surface area (TPSA) is 61.5 Å². The summed E-state index contributed by atoms with van der Waals surface area (Å²) >= 11 is 0. The number of anilines is 1. The van der Waals surface area contributed by atoms with Crippen LogP contribution in [0.4, 0.5) is 5.69 Å². The summed E-state index contributed by atoms with van der Waals surface area (Å²) in [5.41, 5.74) is 3.90. The third-order valence-electron chi connectivity index (χ3n) is 5.59. The Labute approximate surface area is 182 Å². The van der Waals surface area contributed by atoms with Crippen LogP contribution in [0.15, 0.2) is 60.8 Å². The van der Waals surface area contributed by atoms with Crippen molar-refractivity contribution in [2.24, 2.45) is 0 Å². The number of amides is 1. The van der Waals surface area contributed by atoms with E-state index in [0.29, 0.717) is 44.0 Å². The van der Waals surface area contributed by atoms with Crippen LogP contribution >= 0.6 is 0 Å². The van der Waals surface area contributed by atoms with E-state index in [2.05, 4.69) is 17.0 Å². The second kappa shape index (κ2) is 8.97. The highest BCUT2D eigenvalue weighted by Gasteiger charge is 2.27. The molecule has 0 radical (unpaired) electrons. The van der Waals surface area contributed by atoms with Crippen molar-refractivity contribution in [1.29, 1.82) is 5.26 Å². The number of piperazine rings is 1. The Balaban J connectivity index is 1.54. The van der Waals surface area contributed by atoms with Crippen LogP contribution in [0, 0.1) is 18.3 Å². The Bertz CT molecular complexity index is 1100. The van der Waals surface area contributed by atoms with E-state index in [0.717, 1.165) is 22.7 Å². The third-order valence-corrected chi connectivity index (χ3v) is 5.59. The zero-order valence-corrected chi connectivity index (χ0v) is 17.9. The fourth-order valence-electron chi connectivity index (χ4n) is 3.96. The van der Waals surface area contributed by atoms with E-state index in [1.165, 1.54) is 0 Å². The molecule has 1 fully saturated rings. The molecular formula is C25H26N4O2. The standard InChI is InChI=1S/C25H26N4O2/c1-3-31-23-7-5-4-6-22(23)27-14-16-28(17-15-27)25(30)24-20(18-26)12-13-29(24)21-10-8-19(2)9-11-21/h4-13H,3,14-17H2,1-2H3. The Kier molecular flexibility index (Phi) is 5.94. The predicted molar refractivity (Wildman–Crippen MR) is 121 cm³/mol. The number of rotatable bonds is 5. The molecule has 0 N–H and O–H groups in total. The van der Waals surface area contributed by atoms with Gasteiger partial charge in [0.1, 0.15) is 17.5 Å². The lowest BCUT2D eigenvalue weighted by molar-refractivity contribution is 0.0738.